The van der Waals surface area contributed by atoms with Gasteiger partial charge in [-0.15, -0.1) is 4.72 Å². The van der Waals surface area contributed by atoms with Crippen LogP contribution < -0.4 is 4.72 Å². The van der Waals surface area contributed by atoms with Crippen LogP contribution in [0.5, 0.6) is 0 Å². The first-order valence-corrected chi connectivity index (χ1v) is 13.4. The number of nitrogens with one attached hydrogen (secondary N) is 1. The lowest BCUT2D eigenvalue weighted by molar-refractivity contribution is -0.00947. The van der Waals surface area contributed by atoms with Crippen molar-refractivity contribution in [1.82, 2.24) is 9.62 Å². The topological polar surface area (TPSA) is 98.8 Å². The summed E-state index contributed by atoms with van der Waals surface area (Å²) in [5, 5.41) is 0. The predicted octanol–water partition coefficient (Wildman–Crippen LogP) is 3.92. The van der Waals surface area contributed by atoms with Gasteiger partial charge in [-0.2, -0.15) is 0 Å². The van der Waals surface area contributed by atoms with Crippen LogP contribution in [0.3, 0.4) is 0 Å². The van der Waals surface area contributed by atoms with E-state index < -0.39 is 54.9 Å². The Morgan fingerprint density at radius 1 is 1.15 bits per heavy atom. The molecule has 2 rings (SSSR count). The maximum absolute atomic E-state index is 16.2. The summed E-state index contributed by atoms with van der Waals surface area (Å²) >= 11 is -1.94. The van der Waals surface area contributed by atoms with Crippen LogP contribution in [0.25, 0.3) is 0 Å². The highest BCUT2D eigenvalue weighted by molar-refractivity contribution is 7.92. The predicted molar refractivity (Wildman–Crippen MR) is 124 cm³/mol. The van der Waals surface area contributed by atoms with Gasteiger partial charge in [0, 0.05) is 37.3 Å². The van der Waals surface area contributed by atoms with Gasteiger partial charge in [-0.05, 0) is 53.7 Å². The molecule has 1 aliphatic rings. The zero-order chi connectivity index (χ0) is 25.2. The summed E-state index contributed by atoms with van der Waals surface area (Å²) in [6.45, 7) is 9.77. The summed E-state index contributed by atoms with van der Waals surface area (Å²) in [7, 11) is -4.58. The van der Waals surface area contributed by atoms with Crippen molar-refractivity contribution in [3.8, 4) is 0 Å². The Bertz CT molecular complexity index is 909. The molecule has 0 radical (unpaired) electrons. The third-order valence-corrected chi connectivity index (χ3v) is 8.60. The van der Waals surface area contributed by atoms with E-state index in [1.165, 1.54) is 29.2 Å². The average Bonchev–Trinajstić information content (AvgIpc) is 2.70. The Labute approximate surface area is 198 Å². The second kappa shape index (κ2) is 10.1. The van der Waals surface area contributed by atoms with Crippen molar-refractivity contribution in [3.63, 3.8) is 0 Å². The average molecular weight is 509 g/mol. The Balaban J connectivity index is 2.32. The number of alkyl halides is 2. The van der Waals surface area contributed by atoms with E-state index in [2.05, 4.69) is 4.72 Å². The molecule has 1 heterocycles. The van der Waals surface area contributed by atoms with E-state index in [9.17, 15) is 17.8 Å². The Morgan fingerprint density at radius 2 is 1.67 bits per heavy atom. The zero-order valence-corrected chi connectivity index (χ0v) is 21.6. The van der Waals surface area contributed by atoms with Gasteiger partial charge in [-0.1, -0.05) is 18.2 Å². The van der Waals surface area contributed by atoms with Crippen LogP contribution in [0.2, 0.25) is 0 Å². The molecule has 1 unspecified atom stereocenters. The van der Waals surface area contributed by atoms with Crippen molar-refractivity contribution in [3.05, 3.63) is 30.3 Å². The van der Waals surface area contributed by atoms with Gasteiger partial charge in [0.05, 0.1) is 4.90 Å². The number of hydrogen-bond acceptors (Lipinski definition) is 6. The molecule has 1 N–H and O–H groups in total. The highest BCUT2D eigenvalue weighted by Crippen LogP contribution is 2.37. The fraction of sp³-hybridized carbons (Fsp3) is 0.682. The third kappa shape index (κ3) is 7.03. The maximum Gasteiger partial charge on any atom is 0.410 e. The number of hydrogen-bond donors (Lipinski definition) is 1. The van der Waals surface area contributed by atoms with Crippen molar-refractivity contribution in [1.29, 1.82) is 0 Å². The Morgan fingerprint density at radius 3 is 2.12 bits per heavy atom. The molecule has 0 aromatic heterocycles. The van der Waals surface area contributed by atoms with Crippen molar-refractivity contribution in [2.24, 2.45) is 0 Å². The number of ether oxygens (including phenoxy) is 1. The summed E-state index contributed by atoms with van der Waals surface area (Å²) in [5.41, 5.74) is -5.78. The number of likely N-dealkylation sites (tertiary alicyclic amines) is 1. The minimum Gasteiger partial charge on any atom is -0.598 e. The van der Waals surface area contributed by atoms with Crippen LogP contribution in [-0.4, -0.2) is 64.6 Å². The lowest BCUT2D eigenvalue weighted by Gasteiger charge is -2.42. The second-order valence-electron chi connectivity index (χ2n) is 10.2. The van der Waals surface area contributed by atoms with Crippen LogP contribution in [0.4, 0.5) is 13.6 Å². The van der Waals surface area contributed by atoms with Gasteiger partial charge in [-0.25, -0.2) is 22.0 Å². The van der Waals surface area contributed by atoms with E-state index >= 15 is 8.78 Å². The third-order valence-electron chi connectivity index (χ3n) is 5.22. The fourth-order valence-electron chi connectivity index (χ4n) is 3.30. The molecule has 33 heavy (non-hydrogen) atoms. The quantitative estimate of drug-likeness (QED) is 0.585. The van der Waals surface area contributed by atoms with E-state index in [0.717, 1.165) is 0 Å². The first-order valence-electron chi connectivity index (χ1n) is 10.8. The lowest BCUT2D eigenvalue weighted by atomic mass is 9.87. The molecular weight excluding hydrogens is 474 g/mol. The van der Waals surface area contributed by atoms with E-state index in [1.54, 1.807) is 47.6 Å². The number of benzene rings is 1. The molecule has 0 saturated carbocycles. The SMILES string of the molecule is CC(C)(C)OC(=O)N1CCC(F)([C@@H](N[S@@+]([O-])C(C)(C)C)C(F)S(=O)(=O)c2ccccc2)CC1. The Hall–Kier alpha value is -1.43. The van der Waals surface area contributed by atoms with Crippen molar-refractivity contribution < 1.29 is 31.3 Å². The van der Waals surface area contributed by atoms with E-state index in [-0.39, 0.29) is 30.8 Å². The van der Waals surface area contributed by atoms with Gasteiger partial charge >= 0.3 is 6.09 Å². The van der Waals surface area contributed by atoms with Crippen LogP contribution >= 0.6 is 0 Å². The molecule has 0 spiro atoms. The normalized spacial score (nSPS) is 20.1. The molecule has 1 aromatic rings. The maximum atomic E-state index is 16.2. The molecule has 1 aliphatic heterocycles. The van der Waals surface area contributed by atoms with Gasteiger partial charge in [0.15, 0.2) is 0 Å². The molecule has 0 bridgehead atoms. The molecular formula is C22H34F2N2O5S2. The van der Waals surface area contributed by atoms with Crippen molar-refractivity contribution in [2.75, 3.05) is 13.1 Å². The minimum atomic E-state index is -4.58. The van der Waals surface area contributed by atoms with Gasteiger partial charge in [0.25, 0.3) is 0 Å². The molecule has 3 atom stereocenters. The first kappa shape index (κ1) is 27.8. The van der Waals surface area contributed by atoms with Crippen molar-refractivity contribution in [2.45, 2.75) is 86.8 Å². The van der Waals surface area contributed by atoms with Crippen LogP contribution in [-0.2, 0) is 25.9 Å². The minimum absolute atomic E-state index is 0.0934. The monoisotopic (exact) mass is 508 g/mol. The number of halogens is 2. The summed E-state index contributed by atoms with van der Waals surface area (Å²) in [4.78, 5) is 13.3. The molecule has 1 fully saturated rings. The highest BCUT2D eigenvalue weighted by atomic mass is 32.2. The van der Waals surface area contributed by atoms with Gasteiger partial charge in [0.2, 0.25) is 15.3 Å². The van der Waals surface area contributed by atoms with Crippen LogP contribution in [0, 0.1) is 0 Å². The number of carbonyl (C=O) groups excluding carboxylic acids is 1. The second-order valence-corrected chi connectivity index (χ2v) is 14.2. The standard InChI is InChI=1S/C22H34F2N2O5S2/c1-20(2,3)31-19(27)26-14-12-22(24,13-15-26)17(25-32(28)21(4,5)6)18(23)33(29,30)16-10-8-7-9-11-16/h7-11,17-18,25H,12-15H2,1-6H3/t17-,18?,32-/m0/s1. The first-order chi connectivity index (χ1) is 15.0. The van der Waals surface area contributed by atoms with E-state index in [0.29, 0.717) is 0 Å². The molecule has 0 aliphatic carbocycles. The number of sulfone groups is 1. The van der Waals surface area contributed by atoms with Gasteiger partial charge in [0.1, 0.15) is 22.1 Å². The molecule has 188 valence electrons. The number of carbonyl (C=O) groups is 1. The van der Waals surface area contributed by atoms with Gasteiger partial charge < -0.3 is 14.2 Å². The number of nitrogens with zero attached hydrogens (tertiary/aromatic N) is 1. The molecule has 1 saturated heterocycles. The zero-order valence-electron chi connectivity index (χ0n) is 19.9. The highest BCUT2D eigenvalue weighted by Gasteiger charge is 2.54. The smallest absolute Gasteiger partial charge is 0.410 e. The molecule has 1 aromatic carbocycles. The summed E-state index contributed by atoms with van der Waals surface area (Å²) < 4.78 is 77.3. The summed E-state index contributed by atoms with van der Waals surface area (Å²) in [6, 6.07) is 5.04. The lowest BCUT2D eigenvalue weighted by Crippen LogP contribution is -2.62. The number of amides is 1. The van der Waals surface area contributed by atoms with Crippen LogP contribution in [0.15, 0.2) is 35.2 Å². The van der Waals surface area contributed by atoms with Crippen molar-refractivity contribution >= 4 is 27.3 Å². The van der Waals surface area contributed by atoms with Crippen LogP contribution in [0.1, 0.15) is 54.4 Å². The summed E-state index contributed by atoms with van der Waals surface area (Å²) in [6.07, 6.45) is -1.30. The fourth-order valence-corrected chi connectivity index (χ4v) is 5.77. The van der Waals surface area contributed by atoms with E-state index in [1.807, 2.05) is 0 Å². The van der Waals surface area contributed by atoms with Gasteiger partial charge in [-0.3, -0.25) is 0 Å². The number of rotatable bonds is 6. The molecule has 11 heteroatoms. The Kier molecular flexibility index (Phi) is 8.47. The molecule has 1 amide bonds. The number of piperidine rings is 1. The largest absolute Gasteiger partial charge is 0.598 e. The summed E-state index contributed by atoms with van der Waals surface area (Å²) in [5.74, 6) is 0. The van der Waals surface area contributed by atoms with E-state index in [4.69, 9.17) is 4.74 Å². The molecule has 7 nitrogen and oxygen atoms in total.